The molecule has 0 radical (unpaired) electrons. The number of hydrogen-bond acceptors (Lipinski definition) is 3. The van der Waals surface area contributed by atoms with Crippen molar-refractivity contribution < 1.29 is 8.42 Å². The lowest BCUT2D eigenvalue weighted by atomic mass is 10.1. The highest BCUT2D eigenvalue weighted by atomic mass is 32.2. The molecule has 2 fully saturated rings. The summed E-state index contributed by atoms with van der Waals surface area (Å²) in [6.45, 7) is 6.68. The first-order chi connectivity index (χ1) is 9.51. The van der Waals surface area contributed by atoms with Gasteiger partial charge in [0.25, 0.3) is 0 Å². The Bertz CT molecular complexity index is 385. The quantitative estimate of drug-likeness (QED) is 0.748. The normalized spacial score (nSPS) is 23.9. The Hall–Kier alpha value is -0.130. The van der Waals surface area contributed by atoms with Gasteiger partial charge in [-0.25, -0.2) is 12.7 Å². The number of sulfonamides is 1. The molecule has 5 heteroatoms. The molecule has 1 N–H and O–H groups in total. The van der Waals surface area contributed by atoms with Crippen molar-refractivity contribution >= 4 is 10.0 Å². The monoisotopic (exact) mass is 302 g/mol. The summed E-state index contributed by atoms with van der Waals surface area (Å²) in [5, 5.41) is 3.60. The second kappa shape index (κ2) is 7.23. The van der Waals surface area contributed by atoms with Crippen LogP contribution in [0.1, 0.15) is 52.4 Å². The van der Waals surface area contributed by atoms with Crippen LogP contribution in [-0.4, -0.2) is 44.2 Å². The lowest BCUT2D eigenvalue weighted by Crippen LogP contribution is -2.46. The van der Waals surface area contributed by atoms with Crippen molar-refractivity contribution in [3.8, 4) is 0 Å². The fourth-order valence-electron chi connectivity index (χ4n) is 3.03. The summed E-state index contributed by atoms with van der Waals surface area (Å²) in [6, 6.07) is 0.523. The molecule has 118 valence electrons. The lowest BCUT2D eigenvalue weighted by Gasteiger charge is -2.32. The van der Waals surface area contributed by atoms with Crippen LogP contribution in [0.15, 0.2) is 0 Å². The molecule has 1 unspecified atom stereocenters. The minimum atomic E-state index is -3.04. The highest BCUT2D eigenvalue weighted by Gasteiger charge is 2.30. The number of hydrogen-bond donors (Lipinski definition) is 1. The van der Waals surface area contributed by atoms with Crippen LogP contribution in [0.3, 0.4) is 0 Å². The van der Waals surface area contributed by atoms with E-state index in [1.807, 2.05) is 6.92 Å². The van der Waals surface area contributed by atoms with Crippen molar-refractivity contribution in [3.05, 3.63) is 0 Å². The zero-order chi connectivity index (χ0) is 14.6. The van der Waals surface area contributed by atoms with Gasteiger partial charge in [0, 0.05) is 19.1 Å². The van der Waals surface area contributed by atoms with E-state index in [0.717, 1.165) is 38.1 Å². The van der Waals surface area contributed by atoms with Gasteiger partial charge in [0.2, 0.25) is 10.0 Å². The zero-order valence-electron chi connectivity index (χ0n) is 13.0. The summed E-state index contributed by atoms with van der Waals surface area (Å²) in [6.07, 6.45) is 6.73. The van der Waals surface area contributed by atoms with Crippen LogP contribution >= 0.6 is 0 Å². The number of nitrogens with zero attached hydrogens (tertiary/aromatic N) is 1. The molecule has 2 aliphatic rings. The molecule has 0 aromatic carbocycles. The first-order valence-electron chi connectivity index (χ1n) is 8.22. The van der Waals surface area contributed by atoms with Gasteiger partial charge in [-0.3, -0.25) is 0 Å². The van der Waals surface area contributed by atoms with Crippen LogP contribution in [0.4, 0.5) is 0 Å². The van der Waals surface area contributed by atoms with Crippen LogP contribution < -0.4 is 5.32 Å². The predicted molar refractivity (Wildman–Crippen MR) is 83.2 cm³/mol. The van der Waals surface area contributed by atoms with Crippen molar-refractivity contribution in [1.29, 1.82) is 0 Å². The van der Waals surface area contributed by atoms with Crippen LogP contribution in [-0.2, 0) is 10.0 Å². The second-order valence-electron chi connectivity index (χ2n) is 6.70. The van der Waals surface area contributed by atoms with E-state index in [1.54, 1.807) is 4.31 Å². The molecule has 2 rings (SSSR count). The molecule has 0 bridgehead atoms. The molecule has 0 amide bonds. The molecule has 1 saturated carbocycles. The topological polar surface area (TPSA) is 49.4 Å². The largest absolute Gasteiger partial charge is 0.314 e. The maximum atomic E-state index is 12.4. The van der Waals surface area contributed by atoms with Gasteiger partial charge in [-0.05, 0) is 50.5 Å². The van der Waals surface area contributed by atoms with Crippen molar-refractivity contribution in [2.24, 2.45) is 11.8 Å². The summed E-state index contributed by atoms with van der Waals surface area (Å²) >= 11 is 0. The molecule has 4 nitrogen and oxygen atoms in total. The fourth-order valence-corrected chi connectivity index (χ4v) is 4.90. The Balaban J connectivity index is 1.73. The van der Waals surface area contributed by atoms with E-state index in [-0.39, 0.29) is 5.92 Å². The zero-order valence-corrected chi connectivity index (χ0v) is 13.8. The van der Waals surface area contributed by atoms with E-state index >= 15 is 0 Å². The Morgan fingerprint density at radius 3 is 2.40 bits per heavy atom. The first-order valence-corrected chi connectivity index (χ1v) is 9.83. The molecular formula is C15H30N2O2S. The highest BCUT2D eigenvalue weighted by molar-refractivity contribution is 7.89. The molecule has 1 aliphatic carbocycles. The SMILES string of the molecule is CCCC(C)CS(=O)(=O)N1CCC(NCC2CC2)CC1. The third-order valence-corrected chi connectivity index (χ3v) is 6.66. The minimum absolute atomic E-state index is 0.274. The van der Waals surface area contributed by atoms with E-state index in [0.29, 0.717) is 24.9 Å². The molecule has 20 heavy (non-hydrogen) atoms. The van der Waals surface area contributed by atoms with Gasteiger partial charge >= 0.3 is 0 Å². The molecule has 1 saturated heterocycles. The van der Waals surface area contributed by atoms with Crippen molar-refractivity contribution in [2.75, 3.05) is 25.4 Å². The maximum absolute atomic E-state index is 12.4. The van der Waals surface area contributed by atoms with Gasteiger partial charge < -0.3 is 5.32 Å². The van der Waals surface area contributed by atoms with Crippen LogP contribution in [0.25, 0.3) is 0 Å². The van der Waals surface area contributed by atoms with E-state index in [4.69, 9.17) is 0 Å². The number of piperidine rings is 1. The third kappa shape index (κ3) is 5.01. The third-order valence-electron chi connectivity index (χ3n) is 4.52. The van der Waals surface area contributed by atoms with Gasteiger partial charge in [-0.2, -0.15) is 0 Å². The molecule has 1 aliphatic heterocycles. The average Bonchev–Trinajstić information content (AvgIpc) is 3.20. The average molecular weight is 302 g/mol. The van der Waals surface area contributed by atoms with Gasteiger partial charge in [0.15, 0.2) is 0 Å². The summed E-state index contributed by atoms with van der Waals surface area (Å²) in [4.78, 5) is 0. The van der Waals surface area contributed by atoms with Gasteiger partial charge in [0.1, 0.15) is 0 Å². The summed E-state index contributed by atoms with van der Waals surface area (Å²) in [7, 11) is -3.04. The standard InChI is InChI=1S/C15H30N2O2S/c1-3-4-13(2)12-20(18,19)17-9-7-15(8-10-17)16-11-14-5-6-14/h13-16H,3-12H2,1-2H3. The predicted octanol–water partition coefficient (Wildman–Crippen LogP) is 2.22. The fraction of sp³-hybridized carbons (Fsp3) is 1.00. The molecule has 1 atom stereocenters. The Kier molecular flexibility index (Phi) is 5.87. The molecule has 0 spiro atoms. The van der Waals surface area contributed by atoms with Gasteiger partial charge in [-0.1, -0.05) is 20.3 Å². The van der Waals surface area contributed by atoms with E-state index in [1.165, 1.54) is 12.8 Å². The van der Waals surface area contributed by atoms with E-state index in [9.17, 15) is 8.42 Å². The molecule has 1 heterocycles. The Morgan fingerprint density at radius 2 is 1.85 bits per heavy atom. The number of nitrogens with one attached hydrogen (secondary N) is 1. The van der Waals surface area contributed by atoms with Gasteiger partial charge in [0.05, 0.1) is 5.75 Å². The molecule has 0 aromatic rings. The molecule has 0 aromatic heterocycles. The summed E-state index contributed by atoms with van der Waals surface area (Å²) in [5.41, 5.74) is 0. The Labute approximate surface area is 124 Å². The van der Waals surface area contributed by atoms with Crippen LogP contribution in [0, 0.1) is 11.8 Å². The smallest absolute Gasteiger partial charge is 0.214 e. The second-order valence-corrected chi connectivity index (χ2v) is 8.71. The summed E-state index contributed by atoms with van der Waals surface area (Å²) < 4.78 is 26.4. The minimum Gasteiger partial charge on any atom is -0.314 e. The van der Waals surface area contributed by atoms with E-state index < -0.39 is 10.0 Å². The van der Waals surface area contributed by atoms with E-state index in [2.05, 4.69) is 12.2 Å². The van der Waals surface area contributed by atoms with Crippen molar-refractivity contribution in [2.45, 2.75) is 58.4 Å². The lowest BCUT2D eigenvalue weighted by molar-refractivity contribution is 0.286. The highest BCUT2D eigenvalue weighted by Crippen LogP contribution is 2.28. The maximum Gasteiger partial charge on any atom is 0.214 e. The summed E-state index contributed by atoms with van der Waals surface area (Å²) in [5.74, 6) is 1.49. The van der Waals surface area contributed by atoms with Crippen LogP contribution in [0.2, 0.25) is 0 Å². The Morgan fingerprint density at radius 1 is 1.20 bits per heavy atom. The van der Waals surface area contributed by atoms with Crippen LogP contribution in [0.5, 0.6) is 0 Å². The van der Waals surface area contributed by atoms with Crippen molar-refractivity contribution in [3.63, 3.8) is 0 Å². The first kappa shape index (κ1) is 16.2. The van der Waals surface area contributed by atoms with Gasteiger partial charge in [-0.15, -0.1) is 0 Å². The van der Waals surface area contributed by atoms with Crippen molar-refractivity contribution in [1.82, 2.24) is 9.62 Å². The number of rotatable bonds is 8. The molecular weight excluding hydrogens is 272 g/mol.